The average Bonchev–Trinajstić information content (AvgIpc) is 2.24. The molecule has 1 atom stereocenters. The van der Waals surface area contributed by atoms with Crippen LogP contribution in [-0.2, 0) is 5.41 Å². The summed E-state index contributed by atoms with van der Waals surface area (Å²) in [5.74, 6) is 1.74. The molecule has 5 heteroatoms. The number of hydrogen-bond donors (Lipinski definition) is 1. The molecule has 0 aliphatic rings. The molecule has 0 aromatic carbocycles. The number of aromatic nitrogens is 2. The van der Waals surface area contributed by atoms with Gasteiger partial charge in [0.15, 0.2) is 0 Å². The molecule has 1 aromatic rings. The predicted molar refractivity (Wildman–Crippen MR) is 84.7 cm³/mol. The first kappa shape index (κ1) is 16.4. The van der Waals surface area contributed by atoms with Crippen molar-refractivity contribution in [1.29, 1.82) is 0 Å². The van der Waals surface area contributed by atoms with Gasteiger partial charge in [0.05, 0.1) is 0 Å². The van der Waals surface area contributed by atoms with Crippen molar-refractivity contribution in [1.82, 2.24) is 14.9 Å². The normalized spacial score (nSPS) is 13.7. The molecule has 0 spiro atoms. The van der Waals surface area contributed by atoms with Crippen LogP contribution in [0.15, 0.2) is 10.7 Å². The van der Waals surface area contributed by atoms with E-state index < -0.39 is 0 Å². The number of rotatable bonds is 5. The first-order chi connectivity index (χ1) is 8.68. The second-order valence-corrected chi connectivity index (χ2v) is 7.10. The van der Waals surface area contributed by atoms with Gasteiger partial charge in [0.25, 0.3) is 0 Å². The highest BCUT2D eigenvalue weighted by Crippen LogP contribution is 2.22. The van der Waals surface area contributed by atoms with E-state index >= 15 is 0 Å². The van der Waals surface area contributed by atoms with Gasteiger partial charge in [-0.25, -0.2) is 9.97 Å². The van der Waals surface area contributed by atoms with Gasteiger partial charge in [-0.3, -0.25) is 0 Å². The average molecular weight is 329 g/mol. The molecule has 1 heterocycles. The molecule has 0 saturated carbocycles. The van der Waals surface area contributed by atoms with Crippen molar-refractivity contribution < 1.29 is 0 Å². The van der Waals surface area contributed by atoms with E-state index in [1.54, 1.807) is 0 Å². The van der Waals surface area contributed by atoms with E-state index in [2.05, 4.69) is 77.9 Å². The second-order valence-electron chi connectivity index (χ2n) is 6.29. The van der Waals surface area contributed by atoms with E-state index in [0.717, 1.165) is 29.2 Å². The molecule has 0 aliphatic carbocycles. The van der Waals surface area contributed by atoms with Gasteiger partial charge < -0.3 is 10.2 Å². The molecule has 19 heavy (non-hydrogen) atoms. The number of nitrogens with one attached hydrogen (secondary N) is 1. The Morgan fingerprint density at radius 1 is 1.32 bits per heavy atom. The molecule has 1 aromatic heterocycles. The molecule has 0 amide bonds. The van der Waals surface area contributed by atoms with Crippen LogP contribution in [0.25, 0.3) is 0 Å². The fraction of sp³-hybridized carbons (Fsp3) is 0.714. The summed E-state index contributed by atoms with van der Waals surface area (Å²) in [5.41, 5.74) is -0.0485. The maximum atomic E-state index is 4.61. The van der Waals surface area contributed by atoms with Gasteiger partial charge >= 0.3 is 0 Å². The Morgan fingerprint density at radius 2 is 1.95 bits per heavy atom. The van der Waals surface area contributed by atoms with Crippen LogP contribution in [0.3, 0.4) is 0 Å². The zero-order valence-corrected chi connectivity index (χ0v) is 14.4. The van der Waals surface area contributed by atoms with Gasteiger partial charge in [-0.15, -0.1) is 0 Å². The highest BCUT2D eigenvalue weighted by Gasteiger charge is 2.19. The van der Waals surface area contributed by atoms with E-state index in [0.29, 0.717) is 6.04 Å². The van der Waals surface area contributed by atoms with Gasteiger partial charge in [0.1, 0.15) is 16.2 Å². The predicted octanol–water partition coefficient (Wildman–Crippen LogP) is 3.29. The number of hydrogen-bond acceptors (Lipinski definition) is 4. The Balaban J connectivity index is 2.76. The SMILES string of the molecule is CC(CCN(C)C)Nc1cc(Br)nc(C(C)(C)C)n1. The Bertz CT molecular complexity index is 412. The molecule has 4 nitrogen and oxygen atoms in total. The summed E-state index contributed by atoms with van der Waals surface area (Å²) in [6.07, 6.45) is 1.08. The van der Waals surface area contributed by atoms with Crippen LogP contribution < -0.4 is 5.32 Å². The van der Waals surface area contributed by atoms with E-state index in [-0.39, 0.29) is 5.41 Å². The van der Waals surface area contributed by atoms with Crippen LogP contribution in [0.1, 0.15) is 39.9 Å². The monoisotopic (exact) mass is 328 g/mol. The lowest BCUT2D eigenvalue weighted by molar-refractivity contribution is 0.390. The molecule has 1 rings (SSSR count). The van der Waals surface area contributed by atoms with E-state index in [1.165, 1.54) is 0 Å². The summed E-state index contributed by atoms with van der Waals surface area (Å²) < 4.78 is 0.828. The van der Waals surface area contributed by atoms with Crippen molar-refractivity contribution in [2.75, 3.05) is 26.0 Å². The van der Waals surface area contributed by atoms with Crippen molar-refractivity contribution in [2.45, 2.75) is 45.6 Å². The molecule has 0 saturated heterocycles. The largest absolute Gasteiger partial charge is 0.367 e. The van der Waals surface area contributed by atoms with Gasteiger partial charge in [-0.05, 0) is 49.9 Å². The fourth-order valence-electron chi connectivity index (χ4n) is 1.60. The van der Waals surface area contributed by atoms with Crippen molar-refractivity contribution in [3.63, 3.8) is 0 Å². The Morgan fingerprint density at radius 3 is 2.47 bits per heavy atom. The minimum Gasteiger partial charge on any atom is -0.367 e. The molecule has 0 aliphatic heterocycles. The lowest BCUT2D eigenvalue weighted by atomic mass is 9.96. The highest BCUT2D eigenvalue weighted by atomic mass is 79.9. The summed E-state index contributed by atoms with van der Waals surface area (Å²) in [6.45, 7) is 9.60. The lowest BCUT2D eigenvalue weighted by Crippen LogP contribution is -2.24. The Hall–Kier alpha value is -0.680. The quantitative estimate of drug-likeness (QED) is 0.842. The third-order valence-corrected chi connectivity index (χ3v) is 3.18. The fourth-order valence-corrected chi connectivity index (χ4v) is 1.99. The zero-order chi connectivity index (χ0) is 14.6. The highest BCUT2D eigenvalue weighted by molar-refractivity contribution is 9.10. The van der Waals surface area contributed by atoms with Crippen LogP contribution in [0, 0.1) is 0 Å². The summed E-state index contributed by atoms with van der Waals surface area (Å²) in [5, 5.41) is 3.44. The first-order valence-electron chi connectivity index (χ1n) is 6.65. The maximum absolute atomic E-state index is 4.61. The number of halogens is 1. The topological polar surface area (TPSA) is 41.0 Å². The molecule has 108 valence electrons. The van der Waals surface area contributed by atoms with Crippen LogP contribution in [0.2, 0.25) is 0 Å². The van der Waals surface area contributed by atoms with Gasteiger partial charge in [-0.2, -0.15) is 0 Å². The summed E-state index contributed by atoms with van der Waals surface area (Å²) in [6, 6.07) is 2.32. The molecule has 1 unspecified atom stereocenters. The minimum atomic E-state index is -0.0485. The molecule has 0 fully saturated rings. The van der Waals surface area contributed by atoms with Crippen molar-refractivity contribution in [3.05, 3.63) is 16.5 Å². The third kappa shape index (κ3) is 5.87. The van der Waals surface area contributed by atoms with Gasteiger partial charge in [0.2, 0.25) is 0 Å². The van der Waals surface area contributed by atoms with Crippen LogP contribution >= 0.6 is 15.9 Å². The van der Waals surface area contributed by atoms with E-state index in [9.17, 15) is 0 Å². The Kier molecular flexibility index (Phi) is 5.74. The van der Waals surface area contributed by atoms with Crippen molar-refractivity contribution in [3.8, 4) is 0 Å². The molecular formula is C14H25BrN4. The minimum absolute atomic E-state index is 0.0485. The smallest absolute Gasteiger partial charge is 0.137 e. The summed E-state index contributed by atoms with van der Waals surface area (Å²) in [7, 11) is 4.18. The zero-order valence-electron chi connectivity index (χ0n) is 12.8. The summed E-state index contributed by atoms with van der Waals surface area (Å²) >= 11 is 3.46. The molecular weight excluding hydrogens is 304 g/mol. The second kappa shape index (κ2) is 6.66. The van der Waals surface area contributed by atoms with Crippen LogP contribution in [0.4, 0.5) is 5.82 Å². The lowest BCUT2D eigenvalue weighted by Gasteiger charge is -2.20. The van der Waals surface area contributed by atoms with Crippen LogP contribution in [0.5, 0.6) is 0 Å². The van der Waals surface area contributed by atoms with E-state index in [1.807, 2.05) is 6.07 Å². The first-order valence-corrected chi connectivity index (χ1v) is 7.44. The van der Waals surface area contributed by atoms with E-state index in [4.69, 9.17) is 0 Å². The maximum Gasteiger partial charge on any atom is 0.137 e. The van der Waals surface area contributed by atoms with Gasteiger partial charge in [0, 0.05) is 17.5 Å². The van der Waals surface area contributed by atoms with Crippen LogP contribution in [-0.4, -0.2) is 41.5 Å². The van der Waals surface area contributed by atoms with Crippen molar-refractivity contribution in [2.24, 2.45) is 0 Å². The third-order valence-electron chi connectivity index (χ3n) is 2.77. The van der Waals surface area contributed by atoms with Gasteiger partial charge in [-0.1, -0.05) is 20.8 Å². The standard InChI is InChI=1S/C14H25BrN4/c1-10(7-8-19(5)6)16-12-9-11(15)17-13(18-12)14(2,3)4/h9-10H,7-8H2,1-6H3,(H,16,17,18). The van der Waals surface area contributed by atoms with Crippen molar-refractivity contribution >= 4 is 21.7 Å². The summed E-state index contributed by atoms with van der Waals surface area (Å²) in [4.78, 5) is 11.2. The number of anilines is 1. The molecule has 0 bridgehead atoms. The Labute approximate surface area is 125 Å². The molecule has 1 N–H and O–H groups in total. The number of nitrogens with zero attached hydrogens (tertiary/aromatic N) is 3. The molecule has 0 radical (unpaired) electrons.